The van der Waals surface area contributed by atoms with E-state index in [0.717, 1.165) is 12.8 Å². The molecule has 2 aliphatic heterocycles. The van der Waals surface area contributed by atoms with Crippen LogP contribution in [0, 0.1) is 5.41 Å². The molecule has 6 heteroatoms. The van der Waals surface area contributed by atoms with Gasteiger partial charge in [0.1, 0.15) is 0 Å². The maximum atomic E-state index is 12.5. The van der Waals surface area contributed by atoms with Crippen LogP contribution < -0.4 is 0 Å². The first kappa shape index (κ1) is 15.1. The van der Waals surface area contributed by atoms with Crippen LogP contribution in [0.5, 0.6) is 0 Å². The van der Waals surface area contributed by atoms with E-state index in [1.807, 2.05) is 6.92 Å². The number of ether oxygens (including phenoxy) is 1. The predicted molar refractivity (Wildman–Crippen MR) is 73.5 cm³/mol. The van der Waals surface area contributed by atoms with Crippen LogP contribution in [0.3, 0.4) is 0 Å². The third kappa shape index (κ3) is 3.06. The van der Waals surface area contributed by atoms with Gasteiger partial charge in [0.2, 0.25) is 0 Å². The lowest BCUT2D eigenvalue weighted by Gasteiger charge is -2.41. The molecule has 2 aliphatic rings. The number of morpholine rings is 1. The molecule has 20 heavy (non-hydrogen) atoms. The third-order valence-corrected chi connectivity index (χ3v) is 4.35. The Morgan fingerprint density at radius 3 is 2.75 bits per heavy atom. The number of carbonyl (C=O) groups excluding carboxylic acids is 1. The second kappa shape index (κ2) is 5.99. The van der Waals surface area contributed by atoms with Crippen molar-refractivity contribution in [3.05, 3.63) is 0 Å². The predicted octanol–water partition coefficient (Wildman–Crippen LogP) is 1.40. The van der Waals surface area contributed by atoms with Crippen molar-refractivity contribution < 1.29 is 19.4 Å². The van der Waals surface area contributed by atoms with Gasteiger partial charge in [0.15, 0.2) is 0 Å². The lowest BCUT2D eigenvalue weighted by molar-refractivity contribution is -0.150. The van der Waals surface area contributed by atoms with Crippen molar-refractivity contribution >= 4 is 12.0 Å². The van der Waals surface area contributed by atoms with Gasteiger partial charge in [-0.15, -0.1) is 0 Å². The van der Waals surface area contributed by atoms with Crippen LogP contribution in [0.2, 0.25) is 0 Å². The summed E-state index contributed by atoms with van der Waals surface area (Å²) in [5.74, 6) is -0.816. The summed E-state index contributed by atoms with van der Waals surface area (Å²) in [4.78, 5) is 27.4. The van der Waals surface area contributed by atoms with E-state index in [1.165, 1.54) is 0 Å². The number of hydrogen-bond donors (Lipinski definition) is 1. The summed E-state index contributed by atoms with van der Waals surface area (Å²) in [6.45, 7) is 6.48. The Kier molecular flexibility index (Phi) is 4.52. The third-order valence-electron chi connectivity index (χ3n) is 4.35. The van der Waals surface area contributed by atoms with Crippen LogP contribution >= 0.6 is 0 Å². The van der Waals surface area contributed by atoms with Crippen molar-refractivity contribution in [2.24, 2.45) is 5.41 Å². The van der Waals surface area contributed by atoms with Crippen molar-refractivity contribution in [1.29, 1.82) is 0 Å². The Balaban J connectivity index is 2.00. The molecule has 2 saturated heterocycles. The van der Waals surface area contributed by atoms with Gasteiger partial charge in [-0.2, -0.15) is 0 Å². The molecule has 0 radical (unpaired) electrons. The number of carboxylic acids is 1. The maximum Gasteiger partial charge on any atom is 0.320 e. The van der Waals surface area contributed by atoms with E-state index in [1.54, 1.807) is 16.7 Å². The Morgan fingerprint density at radius 1 is 1.35 bits per heavy atom. The molecule has 2 unspecified atom stereocenters. The van der Waals surface area contributed by atoms with Crippen LogP contribution in [0.25, 0.3) is 0 Å². The molecule has 2 rings (SSSR count). The highest BCUT2D eigenvalue weighted by molar-refractivity contribution is 5.78. The summed E-state index contributed by atoms with van der Waals surface area (Å²) in [5.41, 5.74) is -0.815. The number of piperidine rings is 1. The fourth-order valence-corrected chi connectivity index (χ4v) is 2.92. The lowest BCUT2D eigenvalue weighted by Crippen LogP contribution is -2.55. The molecular formula is C14H24N2O4. The quantitative estimate of drug-likeness (QED) is 0.832. The summed E-state index contributed by atoms with van der Waals surface area (Å²) < 4.78 is 5.57. The molecule has 114 valence electrons. The number of carboxylic acid groups (broad SMARTS) is 1. The first-order valence-electron chi connectivity index (χ1n) is 7.35. The standard InChI is InChI=1S/C14H24N2O4/c1-3-11-9-15(7-8-20-11)13(19)16-6-4-5-14(2,10-16)12(17)18/h11H,3-10H2,1-2H3,(H,17,18). The molecule has 0 aromatic heterocycles. The average Bonchev–Trinajstić information content (AvgIpc) is 2.46. The minimum Gasteiger partial charge on any atom is -0.481 e. The minimum atomic E-state index is -0.816. The summed E-state index contributed by atoms with van der Waals surface area (Å²) >= 11 is 0. The number of hydrogen-bond acceptors (Lipinski definition) is 3. The molecule has 2 atom stereocenters. The molecule has 0 aromatic rings. The van der Waals surface area contributed by atoms with Gasteiger partial charge in [-0.25, -0.2) is 4.79 Å². The highest BCUT2D eigenvalue weighted by Crippen LogP contribution is 2.30. The van der Waals surface area contributed by atoms with Crippen molar-refractivity contribution in [2.75, 3.05) is 32.8 Å². The van der Waals surface area contributed by atoms with E-state index in [-0.39, 0.29) is 12.1 Å². The van der Waals surface area contributed by atoms with E-state index in [4.69, 9.17) is 4.74 Å². The largest absolute Gasteiger partial charge is 0.481 e. The summed E-state index contributed by atoms with van der Waals surface area (Å²) in [5, 5.41) is 9.32. The zero-order chi connectivity index (χ0) is 14.8. The number of rotatable bonds is 2. The molecular weight excluding hydrogens is 260 g/mol. The maximum absolute atomic E-state index is 12.5. The Labute approximate surface area is 119 Å². The second-order valence-corrected chi connectivity index (χ2v) is 6.02. The van der Waals surface area contributed by atoms with Crippen LogP contribution in [0.15, 0.2) is 0 Å². The molecule has 0 bridgehead atoms. The number of likely N-dealkylation sites (tertiary alicyclic amines) is 1. The summed E-state index contributed by atoms with van der Waals surface area (Å²) in [6.07, 6.45) is 2.36. The molecule has 0 aromatic carbocycles. The van der Waals surface area contributed by atoms with E-state index in [0.29, 0.717) is 39.2 Å². The van der Waals surface area contributed by atoms with E-state index >= 15 is 0 Å². The smallest absolute Gasteiger partial charge is 0.320 e. The van der Waals surface area contributed by atoms with Crippen molar-refractivity contribution in [3.8, 4) is 0 Å². The van der Waals surface area contributed by atoms with Crippen LogP contribution in [-0.2, 0) is 9.53 Å². The van der Waals surface area contributed by atoms with Crippen molar-refractivity contribution in [3.63, 3.8) is 0 Å². The molecule has 1 N–H and O–H groups in total. The molecule has 6 nitrogen and oxygen atoms in total. The average molecular weight is 284 g/mol. The van der Waals surface area contributed by atoms with Gasteiger partial charge >= 0.3 is 12.0 Å². The molecule has 0 spiro atoms. The number of carbonyl (C=O) groups is 2. The van der Waals surface area contributed by atoms with Gasteiger partial charge in [-0.1, -0.05) is 6.92 Å². The van der Waals surface area contributed by atoms with E-state index in [9.17, 15) is 14.7 Å². The highest BCUT2D eigenvalue weighted by Gasteiger charge is 2.40. The van der Waals surface area contributed by atoms with E-state index in [2.05, 4.69) is 0 Å². The second-order valence-electron chi connectivity index (χ2n) is 6.02. The topological polar surface area (TPSA) is 70.1 Å². The minimum absolute atomic E-state index is 0.0427. The summed E-state index contributed by atoms with van der Waals surface area (Å²) in [6, 6.07) is -0.0427. The first-order chi connectivity index (χ1) is 9.46. The SMILES string of the molecule is CCC1CN(C(=O)N2CCCC(C)(C(=O)O)C2)CCO1. The zero-order valence-electron chi connectivity index (χ0n) is 12.3. The van der Waals surface area contributed by atoms with Gasteiger partial charge in [0.25, 0.3) is 0 Å². The van der Waals surface area contributed by atoms with Gasteiger partial charge < -0.3 is 19.6 Å². The Bertz CT molecular complexity index is 387. The Morgan fingerprint density at radius 2 is 2.10 bits per heavy atom. The fourth-order valence-electron chi connectivity index (χ4n) is 2.92. The van der Waals surface area contributed by atoms with Crippen LogP contribution in [0.1, 0.15) is 33.1 Å². The van der Waals surface area contributed by atoms with Crippen molar-refractivity contribution in [1.82, 2.24) is 9.80 Å². The van der Waals surface area contributed by atoms with E-state index < -0.39 is 11.4 Å². The first-order valence-corrected chi connectivity index (χ1v) is 7.35. The zero-order valence-corrected chi connectivity index (χ0v) is 12.3. The molecule has 2 heterocycles. The van der Waals surface area contributed by atoms with Crippen LogP contribution in [0.4, 0.5) is 4.79 Å². The molecule has 0 saturated carbocycles. The molecule has 0 aliphatic carbocycles. The number of amides is 2. The highest BCUT2D eigenvalue weighted by atomic mass is 16.5. The van der Waals surface area contributed by atoms with Crippen LogP contribution in [-0.4, -0.2) is 65.8 Å². The normalized spacial score (nSPS) is 31.2. The van der Waals surface area contributed by atoms with Gasteiger partial charge in [0, 0.05) is 26.2 Å². The van der Waals surface area contributed by atoms with Crippen molar-refractivity contribution in [2.45, 2.75) is 39.2 Å². The number of aliphatic carboxylic acids is 1. The fraction of sp³-hybridized carbons (Fsp3) is 0.857. The van der Waals surface area contributed by atoms with Gasteiger partial charge in [-0.05, 0) is 26.2 Å². The number of urea groups is 1. The van der Waals surface area contributed by atoms with Gasteiger partial charge in [0.05, 0.1) is 18.1 Å². The molecule has 2 fully saturated rings. The monoisotopic (exact) mass is 284 g/mol. The lowest BCUT2D eigenvalue weighted by atomic mass is 9.82. The summed E-state index contributed by atoms with van der Waals surface area (Å²) in [7, 11) is 0. The van der Waals surface area contributed by atoms with Gasteiger partial charge in [-0.3, -0.25) is 4.79 Å². The Hall–Kier alpha value is -1.30. The molecule has 2 amide bonds. The number of nitrogens with zero attached hydrogens (tertiary/aromatic N) is 2.